The van der Waals surface area contributed by atoms with E-state index in [1.54, 1.807) is 43.5 Å². The maximum atomic E-state index is 12.4. The molecule has 0 spiro atoms. The first kappa shape index (κ1) is 23.0. The van der Waals surface area contributed by atoms with Crippen LogP contribution in [-0.4, -0.2) is 33.5 Å². The van der Waals surface area contributed by atoms with E-state index >= 15 is 0 Å². The Morgan fingerprint density at radius 2 is 1.59 bits per heavy atom. The fourth-order valence-electron chi connectivity index (χ4n) is 2.90. The number of hydrogen-bond acceptors (Lipinski definition) is 6. The first-order chi connectivity index (χ1) is 15.5. The third-order valence-corrected chi connectivity index (χ3v) is 4.79. The minimum atomic E-state index is -0.357. The quantitative estimate of drug-likeness (QED) is 0.374. The van der Waals surface area contributed by atoms with Crippen molar-refractivity contribution in [3.05, 3.63) is 82.4 Å². The third kappa shape index (κ3) is 5.70. The number of rotatable bonds is 9. The lowest BCUT2D eigenvalue weighted by Crippen LogP contribution is -2.17. The van der Waals surface area contributed by atoms with E-state index in [-0.39, 0.29) is 5.91 Å². The van der Waals surface area contributed by atoms with Crippen LogP contribution in [0.3, 0.4) is 0 Å². The van der Waals surface area contributed by atoms with Crippen LogP contribution in [-0.2, 0) is 6.61 Å². The first-order valence-electron chi connectivity index (χ1n) is 9.65. The van der Waals surface area contributed by atoms with Crippen molar-refractivity contribution in [1.29, 1.82) is 0 Å². The monoisotopic (exact) mass is 454 g/mol. The van der Waals surface area contributed by atoms with Crippen LogP contribution in [0.2, 0.25) is 5.02 Å². The van der Waals surface area contributed by atoms with Crippen molar-refractivity contribution >= 4 is 23.7 Å². The van der Waals surface area contributed by atoms with Gasteiger partial charge in [0.25, 0.3) is 5.91 Å². The van der Waals surface area contributed by atoms with Gasteiger partial charge >= 0.3 is 0 Å². The van der Waals surface area contributed by atoms with Gasteiger partial charge in [0.05, 0.1) is 27.5 Å². The average molecular weight is 455 g/mol. The van der Waals surface area contributed by atoms with Gasteiger partial charge in [0.2, 0.25) is 5.75 Å². The molecule has 0 aliphatic rings. The summed E-state index contributed by atoms with van der Waals surface area (Å²) in [6, 6.07) is 17.7. The highest BCUT2D eigenvalue weighted by Gasteiger charge is 2.14. The van der Waals surface area contributed by atoms with E-state index in [0.717, 1.165) is 5.56 Å². The predicted molar refractivity (Wildman–Crippen MR) is 123 cm³/mol. The second kappa shape index (κ2) is 11.1. The second-order valence-corrected chi connectivity index (χ2v) is 7.00. The summed E-state index contributed by atoms with van der Waals surface area (Å²) >= 11 is 5.88. The number of hydrogen-bond donors (Lipinski definition) is 1. The molecule has 32 heavy (non-hydrogen) atoms. The lowest BCUT2D eigenvalue weighted by Gasteiger charge is -2.13. The summed E-state index contributed by atoms with van der Waals surface area (Å²) in [7, 11) is 4.58. The van der Waals surface area contributed by atoms with Gasteiger partial charge in [-0.15, -0.1) is 0 Å². The molecule has 0 aliphatic carbocycles. The number of methoxy groups -OCH3 is 3. The maximum Gasteiger partial charge on any atom is 0.271 e. The highest BCUT2D eigenvalue weighted by Crippen LogP contribution is 2.38. The molecule has 0 saturated carbocycles. The van der Waals surface area contributed by atoms with Crippen LogP contribution in [0.25, 0.3) is 0 Å². The Kier molecular flexibility index (Phi) is 7.94. The van der Waals surface area contributed by atoms with Crippen LogP contribution in [0, 0.1) is 0 Å². The Bertz CT molecular complexity index is 1080. The molecule has 1 N–H and O–H groups in total. The van der Waals surface area contributed by atoms with Gasteiger partial charge in [0, 0.05) is 16.1 Å². The van der Waals surface area contributed by atoms with Gasteiger partial charge in [-0.1, -0.05) is 23.7 Å². The van der Waals surface area contributed by atoms with E-state index in [1.807, 2.05) is 24.3 Å². The van der Waals surface area contributed by atoms with E-state index < -0.39 is 0 Å². The smallest absolute Gasteiger partial charge is 0.271 e. The molecule has 3 aromatic carbocycles. The number of nitrogens with one attached hydrogen (secondary N) is 1. The van der Waals surface area contributed by atoms with Crippen molar-refractivity contribution in [1.82, 2.24) is 5.43 Å². The molecular weight excluding hydrogens is 432 g/mol. The molecule has 0 heterocycles. The van der Waals surface area contributed by atoms with Crippen LogP contribution in [0.15, 0.2) is 65.8 Å². The van der Waals surface area contributed by atoms with Crippen LogP contribution in [0.5, 0.6) is 23.0 Å². The molecule has 3 rings (SSSR count). The summed E-state index contributed by atoms with van der Waals surface area (Å²) < 4.78 is 21.7. The number of halogens is 1. The van der Waals surface area contributed by atoms with Crippen molar-refractivity contribution < 1.29 is 23.7 Å². The minimum absolute atomic E-state index is 0.357. The van der Waals surface area contributed by atoms with Crippen molar-refractivity contribution in [2.24, 2.45) is 5.10 Å². The van der Waals surface area contributed by atoms with E-state index in [9.17, 15) is 4.79 Å². The molecule has 0 radical (unpaired) electrons. The molecule has 0 bridgehead atoms. The number of ether oxygens (including phenoxy) is 4. The Labute approximate surface area is 191 Å². The first-order valence-corrected chi connectivity index (χ1v) is 10.0. The van der Waals surface area contributed by atoms with Gasteiger partial charge in [0.1, 0.15) is 12.4 Å². The summed E-state index contributed by atoms with van der Waals surface area (Å²) in [5.74, 6) is 1.72. The molecule has 8 heteroatoms. The standard InChI is InChI=1S/C24H23ClN2O5/c1-29-21-13-8-18(22(30-2)23(21)31-3)14-26-27-24(28)17-6-11-20(12-7-17)32-15-16-4-9-19(25)10-5-16/h4-14H,15H2,1-3H3,(H,27,28)/b26-14+. The molecule has 0 fully saturated rings. The average Bonchev–Trinajstić information content (AvgIpc) is 2.83. The number of nitrogens with zero attached hydrogens (tertiary/aromatic N) is 1. The molecule has 166 valence electrons. The molecule has 0 aromatic heterocycles. The summed E-state index contributed by atoms with van der Waals surface area (Å²) in [6.45, 7) is 0.403. The van der Waals surface area contributed by atoms with Crippen molar-refractivity contribution in [2.75, 3.05) is 21.3 Å². The van der Waals surface area contributed by atoms with Crippen LogP contribution >= 0.6 is 11.6 Å². The minimum Gasteiger partial charge on any atom is -0.493 e. The molecule has 0 unspecified atom stereocenters. The number of hydrazone groups is 1. The SMILES string of the molecule is COc1ccc(/C=N/NC(=O)c2ccc(OCc3ccc(Cl)cc3)cc2)c(OC)c1OC. The van der Waals surface area contributed by atoms with Gasteiger partial charge in [-0.05, 0) is 54.1 Å². The molecular formula is C24H23ClN2O5. The molecule has 0 atom stereocenters. The van der Waals surface area contributed by atoms with Gasteiger partial charge < -0.3 is 18.9 Å². The fourth-order valence-corrected chi connectivity index (χ4v) is 3.03. The van der Waals surface area contributed by atoms with E-state index in [0.29, 0.717) is 45.8 Å². The normalized spacial score (nSPS) is 10.6. The third-order valence-electron chi connectivity index (χ3n) is 4.54. The Morgan fingerprint density at radius 1 is 0.906 bits per heavy atom. The van der Waals surface area contributed by atoms with Crippen molar-refractivity contribution in [3.63, 3.8) is 0 Å². The van der Waals surface area contributed by atoms with Crippen LogP contribution < -0.4 is 24.4 Å². The molecule has 7 nitrogen and oxygen atoms in total. The van der Waals surface area contributed by atoms with E-state index in [4.69, 9.17) is 30.5 Å². The number of carbonyl (C=O) groups is 1. The Balaban J connectivity index is 1.60. The molecule has 0 saturated heterocycles. The second-order valence-electron chi connectivity index (χ2n) is 6.56. The summed E-state index contributed by atoms with van der Waals surface area (Å²) in [6.07, 6.45) is 1.47. The zero-order chi connectivity index (χ0) is 22.9. The lowest BCUT2D eigenvalue weighted by atomic mass is 10.2. The van der Waals surface area contributed by atoms with Gasteiger partial charge in [-0.2, -0.15) is 5.10 Å². The molecule has 1 amide bonds. The highest BCUT2D eigenvalue weighted by atomic mass is 35.5. The Morgan fingerprint density at radius 3 is 2.22 bits per heavy atom. The summed E-state index contributed by atoms with van der Waals surface area (Å²) in [5.41, 5.74) is 4.56. The molecule has 0 aliphatic heterocycles. The van der Waals surface area contributed by atoms with Gasteiger partial charge in [0.15, 0.2) is 11.5 Å². The van der Waals surface area contributed by atoms with E-state index in [1.165, 1.54) is 20.4 Å². The lowest BCUT2D eigenvalue weighted by molar-refractivity contribution is 0.0955. The van der Waals surface area contributed by atoms with Gasteiger partial charge in [-0.25, -0.2) is 5.43 Å². The largest absolute Gasteiger partial charge is 0.493 e. The predicted octanol–water partition coefficient (Wildman–Crippen LogP) is 4.71. The maximum absolute atomic E-state index is 12.4. The van der Waals surface area contributed by atoms with Crippen molar-refractivity contribution in [2.45, 2.75) is 6.61 Å². The number of benzene rings is 3. The number of carbonyl (C=O) groups excluding carboxylic acids is 1. The zero-order valence-electron chi connectivity index (χ0n) is 17.9. The zero-order valence-corrected chi connectivity index (χ0v) is 18.7. The summed E-state index contributed by atoms with van der Waals surface area (Å²) in [5, 5.41) is 4.70. The Hall–Kier alpha value is -3.71. The van der Waals surface area contributed by atoms with Crippen LogP contribution in [0.1, 0.15) is 21.5 Å². The topological polar surface area (TPSA) is 78.4 Å². The fraction of sp³-hybridized carbons (Fsp3) is 0.167. The number of amides is 1. The highest BCUT2D eigenvalue weighted by molar-refractivity contribution is 6.30. The molecule has 3 aromatic rings. The summed E-state index contributed by atoms with van der Waals surface area (Å²) in [4.78, 5) is 12.4. The van der Waals surface area contributed by atoms with Crippen LogP contribution in [0.4, 0.5) is 0 Å². The van der Waals surface area contributed by atoms with E-state index in [2.05, 4.69) is 10.5 Å². The van der Waals surface area contributed by atoms with Gasteiger partial charge in [-0.3, -0.25) is 4.79 Å². The van der Waals surface area contributed by atoms with Crippen molar-refractivity contribution in [3.8, 4) is 23.0 Å².